The van der Waals surface area contributed by atoms with Crippen molar-refractivity contribution in [2.75, 3.05) is 19.3 Å². The van der Waals surface area contributed by atoms with Crippen molar-refractivity contribution in [2.45, 2.75) is 45.6 Å². The highest BCUT2D eigenvalue weighted by Gasteiger charge is 2.16. The summed E-state index contributed by atoms with van der Waals surface area (Å²) in [6.07, 6.45) is 2.01. The SMILES string of the molecule is Cc1ccc(C(CCCOc2ccc(CNCCCP(=O)(O)O)cc2)c2cccc(F)c2)cc1C. The molecule has 0 heterocycles. The van der Waals surface area contributed by atoms with Gasteiger partial charge in [0.15, 0.2) is 0 Å². The number of rotatable bonds is 13. The second-order valence-electron chi connectivity index (χ2n) is 9.00. The topological polar surface area (TPSA) is 78.8 Å². The lowest BCUT2D eigenvalue weighted by atomic mass is 9.86. The Kier molecular flexibility index (Phi) is 10.1. The summed E-state index contributed by atoms with van der Waals surface area (Å²) in [5.41, 5.74) is 5.73. The first-order chi connectivity index (χ1) is 16.7. The molecule has 3 N–H and O–H groups in total. The average Bonchev–Trinajstić information content (AvgIpc) is 2.81. The molecule has 3 aromatic carbocycles. The van der Waals surface area contributed by atoms with Gasteiger partial charge < -0.3 is 19.8 Å². The molecule has 0 aliphatic heterocycles. The molecule has 188 valence electrons. The number of hydrogen-bond donors (Lipinski definition) is 3. The van der Waals surface area contributed by atoms with Crippen molar-refractivity contribution in [1.29, 1.82) is 0 Å². The fourth-order valence-corrected chi connectivity index (χ4v) is 4.62. The van der Waals surface area contributed by atoms with Crippen LogP contribution in [0.15, 0.2) is 66.7 Å². The fourth-order valence-electron chi connectivity index (χ4n) is 4.05. The molecular weight excluding hydrogens is 464 g/mol. The van der Waals surface area contributed by atoms with E-state index in [1.54, 1.807) is 12.1 Å². The lowest BCUT2D eigenvalue weighted by Crippen LogP contribution is -2.15. The van der Waals surface area contributed by atoms with E-state index in [-0.39, 0.29) is 17.9 Å². The molecule has 7 heteroatoms. The molecule has 0 amide bonds. The Balaban J connectivity index is 1.50. The van der Waals surface area contributed by atoms with Gasteiger partial charge in [-0.05, 0) is 91.7 Å². The third-order valence-electron chi connectivity index (χ3n) is 6.15. The highest BCUT2D eigenvalue weighted by atomic mass is 31.2. The van der Waals surface area contributed by atoms with Crippen molar-refractivity contribution < 1.29 is 23.5 Å². The van der Waals surface area contributed by atoms with E-state index in [0.29, 0.717) is 26.1 Å². The van der Waals surface area contributed by atoms with Gasteiger partial charge in [-0.25, -0.2) is 4.39 Å². The Morgan fingerprint density at radius 3 is 2.37 bits per heavy atom. The van der Waals surface area contributed by atoms with Gasteiger partial charge in [-0.3, -0.25) is 4.57 Å². The van der Waals surface area contributed by atoms with Crippen LogP contribution in [-0.4, -0.2) is 29.1 Å². The van der Waals surface area contributed by atoms with Crippen molar-refractivity contribution >= 4 is 7.60 Å². The number of benzene rings is 3. The number of halogens is 1. The molecule has 3 aromatic rings. The maximum absolute atomic E-state index is 13.9. The van der Waals surface area contributed by atoms with E-state index in [1.807, 2.05) is 30.3 Å². The zero-order chi connectivity index (χ0) is 25.3. The summed E-state index contributed by atoms with van der Waals surface area (Å²) >= 11 is 0. The monoisotopic (exact) mass is 499 g/mol. The molecule has 1 unspecified atom stereocenters. The molecule has 3 rings (SSSR count). The Bertz CT molecular complexity index is 1130. The van der Waals surface area contributed by atoms with Gasteiger partial charge in [-0.15, -0.1) is 0 Å². The molecule has 35 heavy (non-hydrogen) atoms. The quantitative estimate of drug-likeness (QED) is 0.196. The van der Waals surface area contributed by atoms with Crippen molar-refractivity contribution in [1.82, 2.24) is 5.32 Å². The maximum Gasteiger partial charge on any atom is 0.325 e. The van der Waals surface area contributed by atoms with Gasteiger partial charge >= 0.3 is 7.60 Å². The summed E-state index contributed by atoms with van der Waals surface area (Å²) in [5, 5.41) is 3.19. The third kappa shape index (κ3) is 9.23. The van der Waals surface area contributed by atoms with Crippen molar-refractivity contribution in [3.63, 3.8) is 0 Å². The van der Waals surface area contributed by atoms with E-state index in [2.05, 4.69) is 37.4 Å². The van der Waals surface area contributed by atoms with E-state index in [4.69, 9.17) is 14.5 Å². The number of nitrogens with one attached hydrogen (secondary N) is 1. The van der Waals surface area contributed by atoms with Crippen molar-refractivity contribution in [3.05, 3.63) is 100 Å². The van der Waals surface area contributed by atoms with Crippen LogP contribution in [0.2, 0.25) is 0 Å². The molecule has 0 aliphatic carbocycles. The summed E-state index contributed by atoms with van der Waals surface area (Å²) in [5.74, 6) is 0.681. The zero-order valence-electron chi connectivity index (χ0n) is 20.4. The summed E-state index contributed by atoms with van der Waals surface area (Å²) in [7, 11) is -3.92. The van der Waals surface area contributed by atoms with Crippen LogP contribution in [0.4, 0.5) is 4.39 Å². The normalized spacial score (nSPS) is 12.5. The first-order valence-corrected chi connectivity index (χ1v) is 13.8. The summed E-state index contributed by atoms with van der Waals surface area (Å²) in [6.45, 7) is 5.95. The van der Waals surface area contributed by atoms with E-state index in [9.17, 15) is 8.96 Å². The summed E-state index contributed by atoms with van der Waals surface area (Å²) < 4.78 is 30.7. The van der Waals surface area contributed by atoms with Crippen molar-refractivity contribution in [3.8, 4) is 5.75 Å². The third-order valence-corrected chi connectivity index (χ3v) is 7.04. The van der Waals surface area contributed by atoms with Gasteiger partial charge in [-0.1, -0.05) is 42.5 Å². The van der Waals surface area contributed by atoms with E-state index in [0.717, 1.165) is 29.7 Å². The maximum atomic E-state index is 13.9. The standard InChI is InChI=1S/C28H35FNO4P/c1-21-9-12-25(18-22(21)2)28(24-6-3-7-26(29)19-24)8-4-16-34-27-13-10-23(11-14-27)20-30-15-5-17-35(31,32)33/h3,6-7,9-14,18-19,28,30H,4-5,8,15-17,20H2,1-2H3,(H2,31,32,33). The Hall–Kier alpha value is -2.50. The largest absolute Gasteiger partial charge is 0.494 e. The predicted octanol–water partition coefficient (Wildman–Crippen LogP) is 6.09. The van der Waals surface area contributed by atoms with Crippen LogP contribution in [0.1, 0.15) is 53.0 Å². The number of aryl methyl sites for hydroxylation is 2. The highest BCUT2D eigenvalue weighted by molar-refractivity contribution is 7.51. The van der Waals surface area contributed by atoms with Crippen LogP contribution in [0, 0.1) is 19.7 Å². The molecule has 0 radical (unpaired) electrons. The van der Waals surface area contributed by atoms with Gasteiger partial charge in [0, 0.05) is 12.5 Å². The van der Waals surface area contributed by atoms with Crippen LogP contribution in [0.3, 0.4) is 0 Å². The van der Waals surface area contributed by atoms with Gasteiger partial charge in [0.1, 0.15) is 11.6 Å². The first kappa shape index (κ1) is 27.1. The van der Waals surface area contributed by atoms with Gasteiger partial charge in [0.25, 0.3) is 0 Å². The lowest BCUT2D eigenvalue weighted by molar-refractivity contribution is 0.304. The second-order valence-corrected chi connectivity index (χ2v) is 10.8. The number of ether oxygens (including phenoxy) is 1. The molecule has 5 nitrogen and oxygen atoms in total. The van der Waals surface area contributed by atoms with Crippen LogP contribution >= 0.6 is 7.60 Å². The van der Waals surface area contributed by atoms with Gasteiger partial charge in [-0.2, -0.15) is 0 Å². The zero-order valence-corrected chi connectivity index (χ0v) is 21.3. The second kappa shape index (κ2) is 13.0. The van der Waals surface area contributed by atoms with Crippen LogP contribution < -0.4 is 10.1 Å². The van der Waals surface area contributed by atoms with E-state index < -0.39 is 7.60 Å². The molecule has 0 aliphatic rings. The molecule has 0 saturated heterocycles. The van der Waals surface area contributed by atoms with E-state index in [1.165, 1.54) is 22.8 Å². The molecule has 0 fully saturated rings. The average molecular weight is 500 g/mol. The smallest absolute Gasteiger partial charge is 0.325 e. The Morgan fingerprint density at radius 2 is 1.69 bits per heavy atom. The molecule has 0 bridgehead atoms. The predicted molar refractivity (Wildman–Crippen MR) is 139 cm³/mol. The molecule has 0 spiro atoms. The minimum absolute atomic E-state index is 0.101. The molecule has 1 atom stereocenters. The van der Waals surface area contributed by atoms with Crippen LogP contribution in [0.5, 0.6) is 5.75 Å². The molecule has 0 saturated carbocycles. The summed E-state index contributed by atoms with van der Waals surface area (Å²) in [4.78, 5) is 17.8. The minimum Gasteiger partial charge on any atom is -0.494 e. The number of hydrogen-bond acceptors (Lipinski definition) is 3. The first-order valence-electron chi connectivity index (χ1n) is 12.0. The Morgan fingerprint density at radius 1 is 0.943 bits per heavy atom. The molecule has 0 aromatic heterocycles. The van der Waals surface area contributed by atoms with Gasteiger partial charge in [0.2, 0.25) is 0 Å². The highest BCUT2D eigenvalue weighted by Crippen LogP contribution is 2.34. The van der Waals surface area contributed by atoms with Gasteiger partial charge in [0.05, 0.1) is 12.8 Å². The summed E-state index contributed by atoms with van der Waals surface area (Å²) in [6, 6.07) is 21.1. The van der Waals surface area contributed by atoms with Crippen LogP contribution in [0.25, 0.3) is 0 Å². The van der Waals surface area contributed by atoms with Crippen LogP contribution in [-0.2, 0) is 11.1 Å². The minimum atomic E-state index is -3.92. The molecular formula is C28H35FNO4P. The van der Waals surface area contributed by atoms with E-state index >= 15 is 0 Å². The van der Waals surface area contributed by atoms with Crippen molar-refractivity contribution in [2.24, 2.45) is 0 Å². The fraction of sp³-hybridized carbons (Fsp3) is 0.357. The Labute approximate surface area is 207 Å². The lowest BCUT2D eigenvalue weighted by Gasteiger charge is -2.19.